The second-order valence-corrected chi connectivity index (χ2v) is 6.92. The molecule has 1 saturated carbocycles. The Morgan fingerprint density at radius 2 is 1.78 bits per heavy atom. The Labute approximate surface area is 158 Å². The van der Waals surface area contributed by atoms with E-state index in [1.54, 1.807) is 0 Å². The number of ether oxygens (including phenoxy) is 1. The number of halogens is 1. The van der Waals surface area contributed by atoms with Gasteiger partial charge in [-0.05, 0) is 48.7 Å². The zero-order chi connectivity index (χ0) is 19.2. The number of benzene rings is 2. The minimum absolute atomic E-state index is 0.0113. The minimum Gasteiger partial charge on any atom is -0.458 e. The number of carbonyl (C=O) groups is 2. The molecule has 0 amide bonds. The first-order valence-corrected chi connectivity index (χ1v) is 9.25. The van der Waals surface area contributed by atoms with Gasteiger partial charge in [-0.25, -0.2) is 4.39 Å². The Morgan fingerprint density at radius 3 is 2.44 bits per heavy atom. The number of rotatable bonds is 6. The van der Waals surface area contributed by atoms with Crippen molar-refractivity contribution in [3.8, 4) is 0 Å². The normalized spacial score (nSPS) is 20.5. The first-order chi connectivity index (χ1) is 13.0. The maximum atomic E-state index is 13.2. The van der Waals surface area contributed by atoms with Crippen LogP contribution >= 0.6 is 0 Å². The molecule has 27 heavy (non-hydrogen) atoms. The van der Waals surface area contributed by atoms with E-state index in [1.165, 1.54) is 31.2 Å². The molecule has 1 unspecified atom stereocenters. The zero-order valence-electron chi connectivity index (χ0n) is 15.3. The highest BCUT2D eigenvalue weighted by Gasteiger charge is 2.38. The van der Waals surface area contributed by atoms with Gasteiger partial charge in [0.1, 0.15) is 11.9 Å². The van der Waals surface area contributed by atoms with Crippen LogP contribution in [0.15, 0.2) is 60.7 Å². The average molecular weight is 366 g/mol. The van der Waals surface area contributed by atoms with Crippen LogP contribution in [0.4, 0.5) is 4.39 Å². The number of ketones is 1. The standard InChI is InChI=1S/C23H23FO3/c1-16(25)27-22(15-10-17-6-3-2-4-7-17)20-8-5-9-21(20)23(26)18-11-13-19(24)14-12-18/h2-4,6-7,10-15,20-22H,5,8-9H2,1H3/b15-10+/t20-,21-,22?/m0/s1. The monoisotopic (exact) mass is 366 g/mol. The van der Waals surface area contributed by atoms with Crippen molar-refractivity contribution in [3.63, 3.8) is 0 Å². The summed E-state index contributed by atoms with van der Waals surface area (Å²) in [5.41, 5.74) is 1.51. The molecular formula is C23H23FO3. The molecule has 0 saturated heterocycles. The Bertz CT molecular complexity index is 811. The van der Waals surface area contributed by atoms with Crippen molar-refractivity contribution in [3.05, 3.63) is 77.6 Å². The van der Waals surface area contributed by atoms with Crippen molar-refractivity contribution in [1.29, 1.82) is 0 Å². The van der Waals surface area contributed by atoms with Gasteiger partial charge in [0.2, 0.25) is 0 Å². The lowest BCUT2D eigenvalue weighted by Crippen LogP contribution is -2.31. The molecule has 4 heteroatoms. The van der Waals surface area contributed by atoms with E-state index in [0.717, 1.165) is 24.8 Å². The summed E-state index contributed by atoms with van der Waals surface area (Å²) in [4.78, 5) is 24.6. The number of Topliss-reactive ketones (excluding diaryl/α,β-unsaturated/α-hetero) is 1. The Morgan fingerprint density at radius 1 is 1.07 bits per heavy atom. The van der Waals surface area contributed by atoms with Gasteiger partial charge in [-0.3, -0.25) is 9.59 Å². The molecule has 0 aromatic heterocycles. The fourth-order valence-corrected chi connectivity index (χ4v) is 3.77. The van der Waals surface area contributed by atoms with Crippen LogP contribution in [0.3, 0.4) is 0 Å². The molecule has 3 atom stereocenters. The van der Waals surface area contributed by atoms with E-state index < -0.39 is 6.10 Å². The van der Waals surface area contributed by atoms with Crippen LogP contribution in [0.2, 0.25) is 0 Å². The number of hydrogen-bond donors (Lipinski definition) is 0. The molecule has 1 fully saturated rings. The van der Waals surface area contributed by atoms with Crippen molar-refractivity contribution < 1.29 is 18.7 Å². The first kappa shape index (κ1) is 19.0. The van der Waals surface area contributed by atoms with Gasteiger partial charge in [-0.2, -0.15) is 0 Å². The van der Waals surface area contributed by atoms with Crippen molar-refractivity contribution >= 4 is 17.8 Å². The predicted molar refractivity (Wildman–Crippen MR) is 103 cm³/mol. The van der Waals surface area contributed by atoms with Crippen molar-refractivity contribution in [1.82, 2.24) is 0 Å². The molecule has 0 aliphatic heterocycles. The van der Waals surface area contributed by atoms with Gasteiger partial charge in [0.25, 0.3) is 0 Å². The molecule has 3 nitrogen and oxygen atoms in total. The molecule has 140 valence electrons. The zero-order valence-corrected chi connectivity index (χ0v) is 15.3. The van der Waals surface area contributed by atoms with E-state index in [4.69, 9.17) is 4.74 Å². The number of carbonyl (C=O) groups excluding carboxylic acids is 2. The van der Waals surface area contributed by atoms with E-state index in [9.17, 15) is 14.0 Å². The molecule has 2 aromatic carbocycles. The third kappa shape index (κ3) is 4.91. The van der Waals surface area contributed by atoms with Crippen molar-refractivity contribution in [2.45, 2.75) is 32.3 Å². The Kier molecular flexibility index (Phi) is 6.17. The SMILES string of the molecule is CC(=O)OC(/C=C/c1ccccc1)[C@H]1CCC[C@@H]1C(=O)c1ccc(F)cc1. The summed E-state index contributed by atoms with van der Waals surface area (Å²) in [5.74, 6) is -1.05. The Balaban J connectivity index is 1.81. The van der Waals surface area contributed by atoms with Gasteiger partial charge >= 0.3 is 5.97 Å². The average Bonchev–Trinajstić information content (AvgIpc) is 3.15. The van der Waals surface area contributed by atoms with E-state index >= 15 is 0 Å². The highest BCUT2D eigenvalue weighted by atomic mass is 19.1. The maximum absolute atomic E-state index is 13.2. The summed E-state index contributed by atoms with van der Waals surface area (Å²) in [6.45, 7) is 1.38. The predicted octanol–water partition coefficient (Wildman–Crippen LogP) is 5.07. The first-order valence-electron chi connectivity index (χ1n) is 9.25. The fourth-order valence-electron chi connectivity index (χ4n) is 3.77. The third-order valence-electron chi connectivity index (χ3n) is 5.04. The molecule has 0 radical (unpaired) electrons. The minimum atomic E-state index is -0.459. The van der Waals surface area contributed by atoms with Crippen LogP contribution in [-0.4, -0.2) is 17.9 Å². The smallest absolute Gasteiger partial charge is 0.303 e. The molecular weight excluding hydrogens is 343 g/mol. The molecule has 0 N–H and O–H groups in total. The van der Waals surface area contributed by atoms with Crippen LogP contribution < -0.4 is 0 Å². The molecule has 1 aliphatic carbocycles. The molecule has 0 spiro atoms. The van der Waals surface area contributed by atoms with E-state index in [1.807, 2.05) is 42.5 Å². The third-order valence-corrected chi connectivity index (χ3v) is 5.04. The summed E-state index contributed by atoms with van der Waals surface area (Å²) in [6, 6.07) is 15.4. The highest BCUT2D eigenvalue weighted by Crippen LogP contribution is 2.38. The maximum Gasteiger partial charge on any atom is 0.303 e. The second-order valence-electron chi connectivity index (χ2n) is 6.92. The second kappa shape index (κ2) is 8.76. The molecule has 0 heterocycles. The van der Waals surface area contributed by atoms with Crippen LogP contribution in [0.5, 0.6) is 0 Å². The summed E-state index contributed by atoms with van der Waals surface area (Å²) in [6.07, 6.45) is 5.80. The molecule has 3 rings (SSSR count). The van der Waals surface area contributed by atoms with Gasteiger partial charge in [0.05, 0.1) is 0 Å². The van der Waals surface area contributed by atoms with Crippen LogP contribution in [0.25, 0.3) is 6.08 Å². The largest absolute Gasteiger partial charge is 0.458 e. The number of hydrogen-bond acceptors (Lipinski definition) is 3. The van der Waals surface area contributed by atoms with Crippen molar-refractivity contribution in [2.75, 3.05) is 0 Å². The molecule has 2 aromatic rings. The van der Waals surface area contributed by atoms with E-state index in [-0.39, 0.29) is 29.4 Å². The Hall–Kier alpha value is -2.75. The topological polar surface area (TPSA) is 43.4 Å². The lowest BCUT2D eigenvalue weighted by molar-refractivity contribution is -0.146. The van der Waals surface area contributed by atoms with Crippen LogP contribution in [0, 0.1) is 17.7 Å². The van der Waals surface area contributed by atoms with Gasteiger partial charge < -0.3 is 4.74 Å². The summed E-state index contributed by atoms with van der Waals surface area (Å²) in [7, 11) is 0. The highest BCUT2D eigenvalue weighted by molar-refractivity contribution is 5.98. The van der Waals surface area contributed by atoms with E-state index in [0.29, 0.717) is 5.56 Å². The lowest BCUT2D eigenvalue weighted by atomic mass is 9.84. The van der Waals surface area contributed by atoms with Gasteiger partial charge in [0, 0.05) is 24.3 Å². The van der Waals surface area contributed by atoms with E-state index in [2.05, 4.69) is 0 Å². The molecule has 1 aliphatic rings. The summed E-state index contributed by atoms with van der Waals surface area (Å²) in [5, 5.41) is 0. The van der Waals surface area contributed by atoms with Crippen molar-refractivity contribution in [2.24, 2.45) is 11.8 Å². The summed E-state index contributed by atoms with van der Waals surface area (Å²) >= 11 is 0. The fraction of sp³-hybridized carbons (Fsp3) is 0.304. The van der Waals surface area contributed by atoms with Gasteiger partial charge in [-0.1, -0.05) is 42.8 Å². The summed E-state index contributed by atoms with van der Waals surface area (Å²) < 4.78 is 18.7. The quantitative estimate of drug-likeness (QED) is 0.529. The van der Waals surface area contributed by atoms with Gasteiger partial charge in [-0.15, -0.1) is 0 Å². The van der Waals surface area contributed by atoms with Crippen LogP contribution in [0.1, 0.15) is 42.1 Å². The number of esters is 1. The molecule has 0 bridgehead atoms. The lowest BCUT2D eigenvalue weighted by Gasteiger charge is -2.25. The van der Waals surface area contributed by atoms with Gasteiger partial charge in [0.15, 0.2) is 5.78 Å². The van der Waals surface area contributed by atoms with Crippen LogP contribution in [-0.2, 0) is 9.53 Å².